The van der Waals surface area contributed by atoms with Crippen molar-refractivity contribution >= 4 is 5.91 Å². The van der Waals surface area contributed by atoms with Crippen LogP contribution in [0.3, 0.4) is 0 Å². The number of phenols is 1. The molecule has 0 radical (unpaired) electrons. The minimum absolute atomic E-state index is 0.255. The molecule has 1 amide bonds. The smallest absolute Gasteiger partial charge is 0.251 e. The summed E-state index contributed by atoms with van der Waals surface area (Å²) in [5.41, 5.74) is 0.255. The molecule has 1 saturated heterocycles. The molecule has 5 nitrogen and oxygen atoms in total. The van der Waals surface area contributed by atoms with Crippen molar-refractivity contribution < 1.29 is 19.0 Å². The van der Waals surface area contributed by atoms with Gasteiger partial charge in [-0.05, 0) is 24.6 Å². The van der Waals surface area contributed by atoms with E-state index in [1.807, 2.05) is 0 Å². The molecule has 1 heterocycles. The average Bonchev–Trinajstić information content (AvgIpc) is 2.51. The fraction of sp³-hybridized carbons (Fsp3) is 0.533. The Hall–Kier alpha value is -1.66. The number of nitrogens with one attached hydrogen (secondary N) is 1. The van der Waals surface area contributed by atoms with Gasteiger partial charge in [0.2, 0.25) is 0 Å². The lowest BCUT2D eigenvalue weighted by molar-refractivity contribution is 0.0159. The first-order chi connectivity index (χ1) is 10.1. The van der Waals surface area contributed by atoms with Gasteiger partial charge in [-0.25, -0.2) is 4.39 Å². The molecular formula is C15H21FN2O3. The Bertz CT molecular complexity index is 490. The average molecular weight is 296 g/mol. The monoisotopic (exact) mass is 296 g/mol. The van der Waals surface area contributed by atoms with E-state index in [2.05, 4.69) is 17.1 Å². The first kappa shape index (κ1) is 15.7. The lowest BCUT2D eigenvalue weighted by atomic mass is 10.1. The van der Waals surface area contributed by atoms with Crippen LogP contribution in [0, 0.1) is 5.82 Å². The Morgan fingerprint density at radius 1 is 1.48 bits per heavy atom. The number of ether oxygens (including phenoxy) is 1. The minimum Gasteiger partial charge on any atom is -0.505 e. The highest BCUT2D eigenvalue weighted by molar-refractivity contribution is 5.94. The first-order valence-corrected chi connectivity index (χ1v) is 7.20. The van der Waals surface area contributed by atoms with Crippen LogP contribution in [0.4, 0.5) is 4.39 Å². The molecule has 1 aliphatic rings. The number of benzene rings is 1. The van der Waals surface area contributed by atoms with Crippen molar-refractivity contribution in [1.29, 1.82) is 0 Å². The predicted molar refractivity (Wildman–Crippen MR) is 76.9 cm³/mol. The van der Waals surface area contributed by atoms with E-state index in [0.29, 0.717) is 6.54 Å². The Morgan fingerprint density at radius 2 is 2.19 bits per heavy atom. The van der Waals surface area contributed by atoms with Crippen molar-refractivity contribution in [2.24, 2.45) is 0 Å². The number of rotatable bonds is 5. The standard InChI is InChI=1S/C15H21FN2O3/c1-2-12(18-5-7-21-8-6-18)10-17-15(20)11-3-4-13(16)14(19)9-11/h3-4,9,12,19H,2,5-8,10H2,1H3,(H,17,20). The van der Waals surface area contributed by atoms with E-state index >= 15 is 0 Å². The van der Waals surface area contributed by atoms with E-state index < -0.39 is 11.6 Å². The summed E-state index contributed by atoms with van der Waals surface area (Å²) < 4.78 is 18.3. The van der Waals surface area contributed by atoms with Crippen molar-refractivity contribution in [2.45, 2.75) is 19.4 Å². The van der Waals surface area contributed by atoms with Crippen molar-refractivity contribution in [3.63, 3.8) is 0 Å². The van der Waals surface area contributed by atoms with Crippen molar-refractivity contribution in [3.8, 4) is 5.75 Å². The molecular weight excluding hydrogens is 275 g/mol. The third-order valence-corrected chi connectivity index (χ3v) is 3.74. The van der Waals surface area contributed by atoms with Crippen LogP contribution >= 0.6 is 0 Å². The Kier molecular flexibility index (Phi) is 5.52. The molecule has 0 spiro atoms. The van der Waals surface area contributed by atoms with Gasteiger partial charge in [0, 0.05) is 31.2 Å². The highest BCUT2D eigenvalue weighted by Gasteiger charge is 2.20. The fourth-order valence-electron chi connectivity index (χ4n) is 2.44. The van der Waals surface area contributed by atoms with E-state index in [4.69, 9.17) is 4.74 Å². The van der Waals surface area contributed by atoms with Gasteiger partial charge in [0.05, 0.1) is 13.2 Å². The van der Waals surface area contributed by atoms with Crippen LogP contribution < -0.4 is 5.32 Å². The first-order valence-electron chi connectivity index (χ1n) is 7.20. The summed E-state index contributed by atoms with van der Waals surface area (Å²) in [5.74, 6) is -1.55. The van der Waals surface area contributed by atoms with E-state index in [-0.39, 0.29) is 17.5 Å². The van der Waals surface area contributed by atoms with Crippen LogP contribution in [0.2, 0.25) is 0 Å². The van der Waals surface area contributed by atoms with Crippen molar-refractivity contribution in [2.75, 3.05) is 32.8 Å². The van der Waals surface area contributed by atoms with Crippen molar-refractivity contribution in [1.82, 2.24) is 10.2 Å². The van der Waals surface area contributed by atoms with Crippen LogP contribution in [0.5, 0.6) is 5.75 Å². The van der Waals surface area contributed by atoms with Gasteiger partial charge in [0.25, 0.3) is 5.91 Å². The van der Waals surface area contributed by atoms with Gasteiger partial charge in [-0.2, -0.15) is 0 Å². The zero-order chi connectivity index (χ0) is 15.2. The second-order valence-electron chi connectivity index (χ2n) is 5.09. The maximum Gasteiger partial charge on any atom is 0.251 e. The summed E-state index contributed by atoms with van der Waals surface area (Å²) >= 11 is 0. The normalized spacial score (nSPS) is 17.4. The summed E-state index contributed by atoms with van der Waals surface area (Å²) in [4.78, 5) is 14.3. The SMILES string of the molecule is CCC(CNC(=O)c1ccc(F)c(O)c1)N1CCOCC1. The number of hydrogen-bond acceptors (Lipinski definition) is 4. The summed E-state index contributed by atoms with van der Waals surface area (Å²) in [5, 5.41) is 12.1. The number of halogens is 1. The number of hydrogen-bond donors (Lipinski definition) is 2. The molecule has 1 aromatic carbocycles. The molecule has 6 heteroatoms. The van der Waals surface area contributed by atoms with Crippen LogP contribution in [-0.4, -0.2) is 54.8 Å². The molecule has 1 atom stereocenters. The number of morpholine rings is 1. The Morgan fingerprint density at radius 3 is 2.81 bits per heavy atom. The number of amides is 1. The summed E-state index contributed by atoms with van der Waals surface area (Å²) in [6.45, 7) is 5.77. The van der Waals surface area contributed by atoms with Crippen LogP contribution in [0.1, 0.15) is 23.7 Å². The maximum absolute atomic E-state index is 13.0. The second kappa shape index (κ2) is 7.38. The molecule has 0 aromatic heterocycles. The molecule has 116 valence electrons. The number of aromatic hydroxyl groups is 1. The van der Waals surface area contributed by atoms with Crippen LogP contribution in [0.15, 0.2) is 18.2 Å². The van der Waals surface area contributed by atoms with E-state index in [1.165, 1.54) is 6.07 Å². The topological polar surface area (TPSA) is 61.8 Å². The highest BCUT2D eigenvalue weighted by atomic mass is 19.1. The number of carbonyl (C=O) groups excluding carboxylic acids is 1. The lowest BCUT2D eigenvalue weighted by Crippen LogP contribution is -2.48. The van der Waals surface area contributed by atoms with Gasteiger partial charge >= 0.3 is 0 Å². The molecule has 1 unspecified atom stereocenters. The number of phenolic OH excluding ortho intramolecular Hbond substituents is 1. The number of carbonyl (C=O) groups is 1. The van der Waals surface area contributed by atoms with Gasteiger partial charge < -0.3 is 15.2 Å². The second-order valence-corrected chi connectivity index (χ2v) is 5.09. The van der Waals surface area contributed by atoms with E-state index in [1.54, 1.807) is 0 Å². The Balaban J connectivity index is 1.90. The van der Waals surface area contributed by atoms with Gasteiger partial charge in [-0.1, -0.05) is 6.92 Å². The highest BCUT2D eigenvalue weighted by Crippen LogP contribution is 2.16. The number of nitrogens with zero attached hydrogens (tertiary/aromatic N) is 1. The third kappa shape index (κ3) is 4.15. The quantitative estimate of drug-likeness (QED) is 0.861. The molecule has 21 heavy (non-hydrogen) atoms. The molecule has 1 fully saturated rings. The van der Waals surface area contributed by atoms with Crippen LogP contribution in [-0.2, 0) is 4.74 Å². The fourth-order valence-corrected chi connectivity index (χ4v) is 2.44. The molecule has 1 aromatic rings. The maximum atomic E-state index is 13.0. The predicted octanol–water partition coefficient (Wildman–Crippen LogP) is 1.37. The molecule has 2 N–H and O–H groups in total. The zero-order valence-corrected chi connectivity index (χ0v) is 12.1. The molecule has 0 bridgehead atoms. The van der Waals surface area contributed by atoms with Gasteiger partial charge in [0.15, 0.2) is 11.6 Å². The zero-order valence-electron chi connectivity index (χ0n) is 12.1. The van der Waals surface area contributed by atoms with Gasteiger partial charge in [-0.3, -0.25) is 9.69 Å². The summed E-state index contributed by atoms with van der Waals surface area (Å²) in [6, 6.07) is 3.84. The van der Waals surface area contributed by atoms with E-state index in [9.17, 15) is 14.3 Å². The van der Waals surface area contributed by atoms with E-state index in [0.717, 1.165) is 44.9 Å². The van der Waals surface area contributed by atoms with Gasteiger partial charge in [-0.15, -0.1) is 0 Å². The largest absolute Gasteiger partial charge is 0.505 e. The summed E-state index contributed by atoms with van der Waals surface area (Å²) in [6.07, 6.45) is 0.926. The Labute approximate surface area is 123 Å². The van der Waals surface area contributed by atoms with Gasteiger partial charge in [0.1, 0.15) is 0 Å². The van der Waals surface area contributed by atoms with Crippen molar-refractivity contribution in [3.05, 3.63) is 29.6 Å². The lowest BCUT2D eigenvalue weighted by Gasteiger charge is -2.34. The van der Waals surface area contributed by atoms with Crippen LogP contribution in [0.25, 0.3) is 0 Å². The molecule has 0 saturated carbocycles. The minimum atomic E-state index is -0.730. The third-order valence-electron chi connectivity index (χ3n) is 3.74. The molecule has 1 aliphatic heterocycles. The molecule has 2 rings (SSSR count). The molecule has 0 aliphatic carbocycles. The summed E-state index contributed by atoms with van der Waals surface area (Å²) in [7, 11) is 0.